The van der Waals surface area contributed by atoms with Gasteiger partial charge in [-0.2, -0.15) is 5.10 Å². The monoisotopic (exact) mass is 347 g/mol. The number of aryl methyl sites for hydroxylation is 1. The van der Waals surface area contributed by atoms with E-state index in [1.165, 1.54) is 4.68 Å². The van der Waals surface area contributed by atoms with Crippen molar-refractivity contribution >= 4 is 44.6 Å². The quantitative estimate of drug-likeness (QED) is 0.921. The first kappa shape index (κ1) is 13.6. The fourth-order valence-corrected chi connectivity index (χ4v) is 3.05. The molecule has 2 aromatic rings. The van der Waals surface area contributed by atoms with Crippen LogP contribution in [0.3, 0.4) is 0 Å². The van der Waals surface area contributed by atoms with Gasteiger partial charge in [-0.15, -0.1) is 11.3 Å². The van der Waals surface area contributed by atoms with Gasteiger partial charge in [-0.05, 0) is 28.9 Å². The van der Waals surface area contributed by atoms with Crippen LogP contribution in [0.1, 0.15) is 11.8 Å². The van der Waals surface area contributed by atoms with E-state index in [0.717, 1.165) is 9.35 Å². The fraction of sp³-hybridized carbons (Fsp3) is 0.273. The molecule has 0 aliphatic carbocycles. The SMILES string of the molecule is CCn1ncc(NCc2cc(Br)cs2)c(Cl)c1=O. The van der Waals surface area contributed by atoms with E-state index in [2.05, 4.69) is 26.3 Å². The number of thiophene rings is 1. The summed E-state index contributed by atoms with van der Waals surface area (Å²) >= 11 is 11.0. The van der Waals surface area contributed by atoms with Crippen LogP contribution in [0, 0.1) is 0 Å². The molecule has 0 radical (unpaired) electrons. The first-order valence-electron chi connectivity index (χ1n) is 5.34. The van der Waals surface area contributed by atoms with Crippen molar-refractivity contribution in [2.75, 3.05) is 5.32 Å². The summed E-state index contributed by atoms with van der Waals surface area (Å²) in [7, 11) is 0. The molecule has 18 heavy (non-hydrogen) atoms. The van der Waals surface area contributed by atoms with E-state index in [9.17, 15) is 4.79 Å². The third-order valence-electron chi connectivity index (χ3n) is 2.36. The second kappa shape index (κ2) is 5.86. The van der Waals surface area contributed by atoms with Gasteiger partial charge in [-0.1, -0.05) is 11.6 Å². The second-order valence-corrected chi connectivity index (χ2v) is 5.87. The van der Waals surface area contributed by atoms with Crippen LogP contribution >= 0.6 is 38.9 Å². The molecule has 0 unspecified atom stereocenters. The highest BCUT2D eigenvalue weighted by Gasteiger charge is 2.08. The zero-order chi connectivity index (χ0) is 13.1. The number of nitrogens with one attached hydrogen (secondary N) is 1. The third-order valence-corrected chi connectivity index (χ3v) is 4.42. The van der Waals surface area contributed by atoms with Gasteiger partial charge >= 0.3 is 0 Å². The molecule has 2 aromatic heterocycles. The lowest BCUT2D eigenvalue weighted by Crippen LogP contribution is -2.23. The molecule has 7 heteroatoms. The van der Waals surface area contributed by atoms with Crippen LogP contribution < -0.4 is 10.9 Å². The van der Waals surface area contributed by atoms with Crippen LogP contribution in [-0.2, 0) is 13.1 Å². The Labute approximate surface area is 122 Å². The van der Waals surface area contributed by atoms with Crippen LogP contribution in [0.25, 0.3) is 0 Å². The molecule has 0 amide bonds. The highest BCUT2D eigenvalue weighted by atomic mass is 79.9. The van der Waals surface area contributed by atoms with Crippen LogP contribution in [0.4, 0.5) is 5.69 Å². The second-order valence-electron chi connectivity index (χ2n) is 3.58. The Kier molecular flexibility index (Phi) is 4.42. The molecule has 2 rings (SSSR count). The Morgan fingerprint density at radius 1 is 1.61 bits per heavy atom. The predicted octanol–water partition coefficient (Wildman–Crippen LogP) is 3.35. The molecule has 0 aliphatic heterocycles. The number of halogens is 2. The maximum atomic E-state index is 11.8. The molecule has 0 saturated heterocycles. The van der Waals surface area contributed by atoms with Crippen molar-refractivity contribution in [3.8, 4) is 0 Å². The number of hydrogen-bond acceptors (Lipinski definition) is 4. The van der Waals surface area contributed by atoms with Gasteiger partial charge in [0.2, 0.25) is 0 Å². The van der Waals surface area contributed by atoms with Gasteiger partial charge in [-0.3, -0.25) is 4.79 Å². The molecule has 0 bridgehead atoms. The first-order chi connectivity index (χ1) is 8.61. The Morgan fingerprint density at radius 2 is 2.39 bits per heavy atom. The van der Waals surface area contributed by atoms with E-state index in [1.807, 2.05) is 18.4 Å². The minimum Gasteiger partial charge on any atom is -0.377 e. The number of rotatable bonds is 4. The van der Waals surface area contributed by atoms with Gasteiger partial charge in [0.1, 0.15) is 5.02 Å². The standard InChI is InChI=1S/C11H11BrClN3OS/c1-2-16-11(17)10(13)9(5-15-16)14-4-8-3-7(12)6-18-8/h3,5-6,14H,2,4H2,1H3. The van der Waals surface area contributed by atoms with Crippen LogP contribution in [0.2, 0.25) is 5.02 Å². The molecule has 1 N–H and O–H groups in total. The lowest BCUT2D eigenvalue weighted by Gasteiger charge is -2.08. The fourth-order valence-electron chi connectivity index (χ4n) is 1.44. The van der Waals surface area contributed by atoms with Crippen molar-refractivity contribution < 1.29 is 0 Å². The van der Waals surface area contributed by atoms with Gasteiger partial charge in [0.15, 0.2) is 0 Å². The van der Waals surface area contributed by atoms with Crippen molar-refractivity contribution in [2.45, 2.75) is 20.0 Å². The molecule has 0 aromatic carbocycles. The van der Waals surface area contributed by atoms with Gasteiger partial charge < -0.3 is 5.32 Å². The molecule has 4 nitrogen and oxygen atoms in total. The Bertz CT molecular complexity index is 611. The van der Waals surface area contributed by atoms with E-state index in [1.54, 1.807) is 17.5 Å². The summed E-state index contributed by atoms with van der Waals surface area (Å²) in [6.07, 6.45) is 1.58. The lowest BCUT2D eigenvalue weighted by atomic mass is 10.4. The van der Waals surface area contributed by atoms with Crippen molar-refractivity contribution in [3.05, 3.63) is 42.4 Å². The smallest absolute Gasteiger partial charge is 0.287 e. The Balaban J connectivity index is 2.15. The van der Waals surface area contributed by atoms with E-state index in [0.29, 0.717) is 18.8 Å². The minimum absolute atomic E-state index is 0.183. The molecular weight excluding hydrogens is 338 g/mol. The molecule has 2 heterocycles. The van der Waals surface area contributed by atoms with E-state index in [4.69, 9.17) is 11.6 Å². The van der Waals surface area contributed by atoms with Crippen molar-refractivity contribution in [1.29, 1.82) is 0 Å². The molecular formula is C11H11BrClN3OS. The summed E-state index contributed by atoms with van der Waals surface area (Å²) in [4.78, 5) is 12.9. The normalized spacial score (nSPS) is 10.6. The first-order valence-corrected chi connectivity index (χ1v) is 7.39. The number of hydrogen-bond donors (Lipinski definition) is 1. The van der Waals surface area contributed by atoms with Crippen LogP contribution in [-0.4, -0.2) is 9.78 Å². The topological polar surface area (TPSA) is 46.9 Å². The molecule has 0 spiro atoms. The maximum Gasteiger partial charge on any atom is 0.287 e. The summed E-state index contributed by atoms with van der Waals surface area (Å²) in [5.41, 5.74) is 0.299. The van der Waals surface area contributed by atoms with Gasteiger partial charge in [0.25, 0.3) is 5.56 Å². The average molecular weight is 349 g/mol. The molecule has 0 saturated carbocycles. The van der Waals surface area contributed by atoms with Crippen molar-refractivity contribution in [2.24, 2.45) is 0 Å². The zero-order valence-electron chi connectivity index (χ0n) is 9.61. The molecule has 0 atom stereocenters. The number of aromatic nitrogens is 2. The Morgan fingerprint density at radius 3 is 3.00 bits per heavy atom. The number of nitrogens with zero attached hydrogens (tertiary/aromatic N) is 2. The van der Waals surface area contributed by atoms with Crippen molar-refractivity contribution in [3.63, 3.8) is 0 Å². The van der Waals surface area contributed by atoms with Gasteiger partial charge in [0, 0.05) is 27.8 Å². The molecule has 0 fully saturated rings. The predicted molar refractivity (Wildman–Crippen MR) is 78.5 cm³/mol. The summed E-state index contributed by atoms with van der Waals surface area (Å²) in [6, 6.07) is 2.02. The molecule has 0 aliphatic rings. The zero-order valence-corrected chi connectivity index (χ0v) is 12.8. The largest absolute Gasteiger partial charge is 0.377 e. The van der Waals surface area contributed by atoms with Crippen LogP contribution in [0.15, 0.2) is 26.9 Å². The third kappa shape index (κ3) is 2.93. The van der Waals surface area contributed by atoms with E-state index < -0.39 is 0 Å². The van der Waals surface area contributed by atoms with Crippen LogP contribution in [0.5, 0.6) is 0 Å². The van der Waals surface area contributed by atoms with Gasteiger partial charge in [-0.25, -0.2) is 4.68 Å². The highest BCUT2D eigenvalue weighted by Crippen LogP contribution is 2.22. The maximum absolute atomic E-state index is 11.8. The highest BCUT2D eigenvalue weighted by molar-refractivity contribution is 9.10. The van der Waals surface area contributed by atoms with E-state index in [-0.39, 0.29) is 10.6 Å². The Hall–Kier alpha value is -0.850. The average Bonchev–Trinajstić information content (AvgIpc) is 2.77. The lowest BCUT2D eigenvalue weighted by molar-refractivity contribution is 0.616. The van der Waals surface area contributed by atoms with E-state index >= 15 is 0 Å². The van der Waals surface area contributed by atoms with Crippen molar-refractivity contribution in [1.82, 2.24) is 9.78 Å². The summed E-state index contributed by atoms with van der Waals surface area (Å²) in [5.74, 6) is 0. The summed E-state index contributed by atoms with van der Waals surface area (Å²) < 4.78 is 2.38. The minimum atomic E-state index is -0.267. The number of anilines is 1. The summed E-state index contributed by atoms with van der Waals surface area (Å²) in [6.45, 7) is 2.98. The van der Waals surface area contributed by atoms with Gasteiger partial charge in [0.05, 0.1) is 11.9 Å². The molecule has 96 valence electrons. The summed E-state index contributed by atoms with van der Waals surface area (Å²) in [5, 5.41) is 9.33.